The lowest BCUT2D eigenvalue weighted by molar-refractivity contribution is -0.115. The SMILES string of the molecule is C[C@H](Sc1ncnc2sccc12)C(=O)Nc1sc2c(c1C#N)CCCCC2. The summed E-state index contributed by atoms with van der Waals surface area (Å²) in [4.78, 5) is 23.5. The van der Waals surface area contributed by atoms with E-state index in [1.54, 1.807) is 22.7 Å². The van der Waals surface area contributed by atoms with Gasteiger partial charge in [0.1, 0.15) is 27.3 Å². The number of thiophene rings is 2. The van der Waals surface area contributed by atoms with Crippen molar-refractivity contribution in [1.82, 2.24) is 9.97 Å². The summed E-state index contributed by atoms with van der Waals surface area (Å²) in [7, 11) is 0. The molecule has 3 aromatic rings. The lowest BCUT2D eigenvalue weighted by Gasteiger charge is -2.11. The van der Waals surface area contributed by atoms with Crippen LogP contribution in [-0.4, -0.2) is 21.1 Å². The average Bonchev–Trinajstić information content (AvgIpc) is 3.20. The summed E-state index contributed by atoms with van der Waals surface area (Å²) < 4.78 is 0. The molecule has 0 aromatic carbocycles. The van der Waals surface area contributed by atoms with E-state index < -0.39 is 0 Å². The molecule has 3 heterocycles. The molecule has 27 heavy (non-hydrogen) atoms. The number of fused-ring (bicyclic) bond motifs is 2. The highest BCUT2D eigenvalue weighted by Crippen LogP contribution is 2.38. The van der Waals surface area contributed by atoms with Gasteiger partial charge in [-0.15, -0.1) is 22.7 Å². The Kier molecular flexibility index (Phi) is 5.43. The molecule has 0 radical (unpaired) electrons. The van der Waals surface area contributed by atoms with Gasteiger partial charge in [0.25, 0.3) is 0 Å². The highest BCUT2D eigenvalue weighted by atomic mass is 32.2. The van der Waals surface area contributed by atoms with Crippen LogP contribution in [0.1, 0.15) is 42.2 Å². The first kappa shape index (κ1) is 18.4. The number of rotatable bonds is 4. The van der Waals surface area contributed by atoms with Gasteiger partial charge < -0.3 is 5.32 Å². The highest BCUT2D eigenvalue weighted by Gasteiger charge is 2.23. The number of hydrogen-bond donors (Lipinski definition) is 1. The third kappa shape index (κ3) is 3.72. The van der Waals surface area contributed by atoms with Gasteiger partial charge in [-0.2, -0.15) is 5.26 Å². The van der Waals surface area contributed by atoms with E-state index in [2.05, 4.69) is 21.4 Å². The summed E-state index contributed by atoms with van der Waals surface area (Å²) in [5.41, 5.74) is 1.80. The van der Waals surface area contributed by atoms with Crippen molar-refractivity contribution in [3.05, 3.63) is 33.8 Å². The van der Waals surface area contributed by atoms with Crippen molar-refractivity contribution in [2.75, 3.05) is 5.32 Å². The lowest BCUT2D eigenvalue weighted by atomic mass is 10.1. The molecule has 0 unspecified atom stereocenters. The molecule has 0 aliphatic heterocycles. The Morgan fingerprint density at radius 1 is 1.33 bits per heavy atom. The Labute approximate surface area is 169 Å². The zero-order chi connectivity index (χ0) is 18.8. The standard InChI is InChI=1S/C19H18N4OS3/c1-11(26-18-13-7-8-25-17(13)21-10-22-18)16(24)23-19-14(9-20)12-5-3-2-4-6-15(12)27-19/h7-8,10-11H,2-6H2,1H3,(H,23,24)/t11-/m0/s1. The van der Waals surface area contributed by atoms with Gasteiger partial charge in [0.05, 0.1) is 10.8 Å². The zero-order valence-corrected chi connectivity index (χ0v) is 17.3. The number of thioether (sulfide) groups is 1. The van der Waals surface area contributed by atoms with Crippen molar-refractivity contribution in [3.63, 3.8) is 0 Å². The minimum Gasteiger partial charge on any atom is -0.316 e. The van der Waals surface area contributed by atoms with E-state index in [1.165, 1.54) is 29.4 Å². The fraction of sp³-hybridized carbons (Fsp3) is 0.368. The first-order valence-electron chi connectivity index (χ1n) is 8.87. The van der Waals surface area contributed by atoms with E-state index in [0.717, 1.165) is 46.5 Å². The molecule has 8 heteroatoms. The predicted molar refractivity (Wildman–Crippen MR) is 112 cm³/mol. The molecule has 3 aromatic heterocycles. The van der Waals surface area contributed by atoms with Crippen LogP contribution in [0, 0.1) is 11.3 Å². The second kappa shape index (κ2) is 7.97. The number of aryl methyl sites for hydroxylation is 1. The molecule has 0 spiro atoms. The molecule has 0 saturated heterocycles. The molecule has 4 rings (SSSR count). The molecule has 5 nitrogen and oxygen atoms in total. The number of carbonyl (C=O) groups excluding carboxylic acids is 1. The van der Waals surface area contributed by atoms with E-state index >= 15 is 0 Å². The number of carbonyl (C=O) groups is 1. The van der Waals surface area contributed by atoms with Crippen LogP contribution in [0.2, 0.25) is 0 Å². The van der Waals surface area contributed by atoms with Crippen LogP contribution < -0.4 is 5.32 Å². The second-order valence-corrected chi connectivity index (χ2v) is 9.78. The van der Waals surface area contributed by atoms with Crippen LogP contribution in [-0.2, 0) is 17.6 Å². The minimum absolute atomic E-state index is 0.102. The molecule has 0 saturated carbocycles. The molecule has 1 aliphatic rings. The van der Waals surface area contributed by atoms with Gasteiger partial charge in [0.15, 0.2) is 0 Å². The van der Waals surface area contributed by atoms with Crippen LogP contribution in [0.4, 0.5) is 5.00 Å². The number of nitriles is 1. The van der Waals surface area contributed by atoms with E-state index in [9.17, 15) is 10.1 Å². The Morgan fingerprint density at radius 3 is 3.04 bits per heavy atom. The first-order chi connectivity index (χ1) is 13.2. The summed E-state index contributed by atoms with van der Waals surface area (Å²) in [6.07, 6.45) is 6.95. The van der Waals surface area contributed by atoms with Crippen LogP contribution in [0.15, 0.2) is 22.8 Å². The average molecular weight is 415 g/mol. The van der Waals surface area contributed by atoms with Crippen LogP contribution in [0.3, 0.4) is 0 Å². The number of aromatic nitrogens is 2. The Bertz CT molecular complexity index is 1030. The molecule has 0 bridgehead atoms. The molecular formula is C19H18N4OS3. The van der Waals surface area contributed by atoms with Crippen molar-refractivity contribution >= 4 is 55.6 Å². The van der Waals surface area contributed by atoms with Gasteiger partial charge in [-0.05, 0) is 49.6 Å². The number of nitrogens with zero attached hydrogens (tertiary/aromatic N) is 3. The Morgan fingerprint density at radius 2 is 2.19 bits per heavy atom. The Balaban J connectivity index is 1.52. The van der Waals surface area contributed by atoms with Gasteiger partial charge in [-0.25, -0.2) is 9.97 Å². The largest absolute Gasteiger partial charge is 0.316 e. The van der Waals surface area contributed by atoms with Crippen molar-refractivity contribution in [3.8, 4) is 6.07 Å². The number of nitrogens with one attached hydrogen (secondary N) is 1. The molecule has 1 aliphatic carbocycles. The summed E-state index contributed by atoms with van der Waals surface area (Å²) in [5, 5.41) is 16.8. The summed E-state index contributed by atoms with van der Waals surface area (Å²) in [5.74, 6) is -0.102. The maximum Gasteiger partial charge on any atom is 0.238 e. The van der Waals surface area contributed by atoms with Gasteiger partial charge >= 0.3 is 0 Å². The number of anilines is 1. The Hall–Kier alpha value is -1.95. The monoisotopic (exact) mass is 414 g/mol. The first-order valence-corrected chi connectivity index (χ1v) is 11.5. The summed E-state index contributed by atoms with van der Waals surface area (Å²) >= 11 is 4.55. The molecule has 1 atom stereocenters. The lowest BCUT2D eigenvalue weighted by Crippen LogP contribution is -2.22. The topological polar surface area (TPSA) is 78.7 Å². The summed E-state index contributed by atoms with van der Waals surface area (Å²) in [6, 6.07) is 4.30. The second-order valence-electron chi connectivity index (χ2n) is 6.45. The third-order valence-corrected chi connectivity index (χ3v) is 7.80. The maximum atomic E-state index is 12.8. The normalized spacial score (nSPS) is 15.0. The van der Waals surface area contributed by atoms with Gasteiger partial charge in [0, 0.05) is 10.3 Å². The molecular weight excluding hydrogens is 396 g/mol. The van der Waals surface area contributed by atoms with Crippen molar-refractivity contribution in [2.45, 2.75) is 49.3 Å². The number of amides is 1. The minimum atomic E-state index is -0.323. The van der Waals surface area contributed by atoms with E-state index in [-0.39, 0.29) is 11.2 Å². The molecule has 0 fully saturated rings. The van der Waals surface area contributed by atoms with Crippen LogP contribution in [0.25, 0.3) is 10.2 Å². The van der Waals surface area contributed by atoms with E-state index in [1.807, 2.05) is 18.4 Å². The molecule has 1 N–H and O–H groups in total. The van der Waals surface area contributed by atoms with Gasteiger partial charge in [0.2, 0.25) is 5.91 Å². The maximum absolute atomic E-state index is 12.8. The van der Waals surface area contributed by atoms with E-state index in [4.69, 9.17) is 0 Å². The van der Waals surface area contributed by atoms with Crippen LogP contribution in [0.5, 0.6) is 0 Å². The molecule has 138 valence electrons. The smallest absolute Gasteiger partial charge is 0.238 e. The van der Waals surface area contributed by atoms with Gasteiger partial charge in [-0.1, -0.05) is 18.2 Å². The van der Waals surface area contributed by atoms with Crippen molar-refractivity contribution in [1.29, 1.82) is 5.26 Å². The quantitative estimate of drug-likeness (QED) is 0.369. The zero-order valence-electron chi connectivity index (χ0n) is 14.8. The van der Waals surface area contributed by atoms with Crippen molar-refractivity contribution < 1.29 is 4.79 Å². The fourth-order valence-electron chi connectivity index (χ4n) is 3.24. The predicted octanol–water partition coefficient (Wildman–Crippen LogP) is 5.01. The van der Waals surface area contributed by atoms with Gasteiger partial charge in [-0.3, -0.25) is 4.79 Å². The number of hydrogen-bond acceptors (Lipinski definition) is 7. The van der Waals surface area contributed by atoms with E-state index in [0.29, 0.717) is 10.6 Å². The third-order valence-electron chi connectivity index (χ3n) is 4.65. The fourth-order valence-corrected chi connectivity index (χ4v) is 6.19. The highest BCUT2D eigenvalue weighted by molar-refractivity contribution is 8.00. The van der Waals surface area contributed by atoms with Crippen molar-refractivity contribution in [2.24, 2.45) is 0 Å². The molecule has 1 amide bonds. The van der Waals surface area contributed by atoms with Crippen LogP contribution >= 0.6 is 34.4 Å². The summed E-state index contributed by atoms with van der Waals surface area (Å²) in [6.45, 7) is 1.87.